The quantitative estimate of drug-likeness (QED) is 0.798. The number of hydrogen-bond donors (Lipinski definition) is 2. The van der Waals surface area contributed by atoms with Gasteiger partial charge in [0.05, 0.1) is 12.5 Å². The van der Waals surface area contributed by atoms with E-state index in [2.05, 4.69) is 10.3 Å². The first-order valence-electron chi connectivity index (χ1n) is 4.95. The summed E-state index contributed by atoms with van der Waals surface area (Å²) in [5.74, 6) is -0.219. The molecule has 0 radical (unpaired) electrons. The van der Waals surface area contributed by atoms with Crippen molar-refractivity contribution >= 4 is 34.8 Å². The molecule has 98 valence electrons. The molecule has 0 unspecified atom stereocenters. The second-order valence-corrected chi connectivity index (χ2v) is 5.29. The minimum absolute atomic E-state index is 0. The van der Waals surface area contributed by atoms with E-state index < -0.39 is 5.41 Å². The van der Waals surface area contributed by atoms with E-state index in [9.17, 15) is 4.79 Å². The van der Waals surface area contributed by atoms with Crippen molar-refractivity contribution in [1.29, 1.82) is 0 Å². The summed E-state index contributed by atoms with van der Waals surface area (Å²) in [7, 11) is 1.40. The molecular weight excluding hydrogens is 262 g/mol. The molecule has 0 amide bonds. The molecule has 0 fully saturated rings. The topological polar surface area (TPSA) is 77.2 Å². The largest absolute Gasteiger partial charge is 0.469 e. The lowest BCUT2D eigenvalue weighted by atomic mass is 9.94. The standard InChI is InChI=1S/C10H17N3O2S.ClH/c1-10(2,8(14)15-3)6-12-4-7-5-13-9(11)16-7;/h5,12H,4,6H2,1-3H3,(H2,11,13);1H. The molecule has 0 aliphatic heterocycles. The van der Waals surface area contributed by atoms with Crippen molar-refractivity contribution in [2.45, 2.75) is 20.4 Å². The van der Waals surface area contributed by atoms with Gasteiger partial charge in [0, 0.05) is 24.2 Å². The average molecular weight is 280 g/mol. The fourth-order valence-corrected chi connectivity index (χ4v) is 1.90. The molecule has 0 saturated carbocycles. The van der Waals surface area contributed by atoms with Crippen LogP contribution in [0.15, 0.2) is 6.20 Å². The van der Waals surface area contributed by atoms with Gasteiger partial charge < -0.3 is 15.8 Å². The van der Waals surface area contributed by atoms with Gasteiger partial charge in [-0.25, -0.2) is 4.98 Å². The number of carbonyl (C=O) groups excluding carboxylic acids is 1. The number of rotatable bonds is 5. The van der Waals surface area contributed by atoms with E-state index in [4.69, 9.17) is 10.5 Å². The van der Waals surface area contributed by atoms with E-state index >= 15 is 0 Å². The second-order valence-electron chi connectivity index (χ2n) is 4.14. The lowest BCUT2D eigenvalue weighted by molar-refractivity contribution is -0.150. The molecule has 0 saturated heterocycles. The Balaban J connectivity index is 0.00000256. The highest BCUT2D eigenvalue weighted by molar-refractivity contribution is 7.15. The minimum Gasteiger partial charge on any atom is -0.469 e. The second kappa shape index (κ2) is 6.78. The highest BCUT2D eigenvalue weighted by Gasteiger charge is 2.27. The summed E-state index contributed by atoms with van der Waals surface area (Å²) in [5.41, 5.74) is 4.99. The molecule has 1 rings (SSSR count). The van der Waals surface area contributed by atoms with Gasteiger partial charge in [0.2, 0.25) is 0 Å². The third kappa shape index (κ3) is 4.89. The Bertz CT molecular complexity index is 368. The Morgan fingerprint density at radius 1 is 1.65 bits per heavy atom. The lowest BCUT2D eigenvalue weighted by Gasteiger charge is -2.21. The molecular formula is C10H18ClN3O2S. The molecule has 0 atom stereocenters. The van der Waals surface area contributed by atoms with Crippen LogP contribution in [0.3, 0.4) is 0 Å². The Kier molecular flexibility index (Phi) is 6.44. The van der Waals surface area contributed by atoms with Crippen molar-refractivity contribution in [2.24, 2.45) is 5.41 Å². The molecule has 7 heteroatoms. The van der Waals surface area contributed by atoms with Crippen LogP contribution in [0.4, 0.5) is 5.13 Å². The van der Waals surface area contributed by atoms with Crippen molar-refractivity contribution in [3.05, 3.63) is 11.1 Å². The molecule has 0 spiro atoms. The summed E-state index contributed by atoms with van der Waals surface area (Å²) in [6.45, 7) is 4.90. The fraction of sp³-hybridized carbons (Fsp3) is 0.600. The molecule has 0 bridgehead atoms. The molecule has 1 aromatic heterocycles. The molecule has 1 heterocycles. The van der Waals surface area contributed by atoms with Gasteiger partial charge in [0.15, 0.2) is 5.13 Å². The van der Waals surface area contributed by atoms with E-state index in [1.165, 1.54) is 18.4 Å². The lowest BCUT2D eigenvalue weighted by Crippen LogP contribution is -2.36. The maximum Gasteiger partial charge on any atom is 0.312 e. The molecule has 0 aromatic carbocycles. The van der Waals surface area contributed by atoms with Gasteiger partial charge in [0.1, 0.15) is 0 Å². The fourth-order valence-electron chi connectivity index (χ4n) is 1.25. The molecule has 1 aromatic rings. The minimum atomic E-state index is -0.523. The van der Waals surface area contributed by atoms with E-state index in [0.29, 0.717) is 18.2 Å². The molecule has 0 aliphatic carbocycles. The maximum absolute atomic E-state index is 11.4. The Morgan fingerprint density at radius 2 is 2.29 bits per heavy atom. The van der Waals surface area contributed by atoms with E-state index in [1.54, 1.807) is 6.20 Å². The smallest absolute Gasteiger partial charge is 0.312 e. The molecule has 5 nitrogen and oxygen atoms in total. The molecule has 17 heavy (non-hydrogen) atoms. The number of hydrogen-bond acceptors (Lipinski definition) is 6. The number of esters is 1. The number of thiazole rings is 1. The third-order valence-electron chi connectivity index (χ3n) is 2.18. The number of halogens is 1. The van der Waals surface area contributed by atoms with Gasteiger partial charge in [-0.05, 0) is 13.8 Å². The van der Waals surface area contributed by atoms with Crippen LogP contribution in [0, 0.1) is 5.41 Å². The van der Waals surface area contributed by atoms with Crippen LogP contribution in [0.2, 0.25) is 0 Å². The average Bonchev–Trinajstić information content (AvgIpc) is 2.62. The summed E-state index contributed by atoms with van der Waals surface area (Å²) in [5, 5.41) is 3.74. The van der Waals surface area contributed by atoms with Gasteiger partial charge in [-0.15, -0.1) is 23.7 Å². The Morgan fingerprint density at radius 3 is 2.76 bits per heavy atom. The zero-order chi connectivity index (χ0) is 12.2. The first kappa shape index (κ1) is 16.1. The van der Waals surface area contributed by atoms with Crippen LogP contribution < -0.4 is 11.1 Å². The number of aromatic nitrogens is 1. The number of nitrogen functional groups attached to an aromatic ring is 1. The number of anilines is 1. The third-order valence-corrected chi connectivity index (χ3v) is 3.00. The highest BCUT2D eigenvalue weighted by atomic mass is 35.5. The summed E-state index contributed by atoms with van der Waals surface area (Å²) in [4.78, 5) is 16.4. The maximum atomic E-state index is 11.4. The molecule has 0 aliphatic rings. The normalized spacial score (nSPS) is 10.8. The monoisotopic (exact) mass is 279 g/mol. The van der Waals surface area contributed by atoms with Crippen molar-refractivity contribution in [3.8, 4) is 0 Å². The van der Waals surface area contributed by atoms with Gasteiger partial charge in [-0.2, -0.15) is 0 Å². The van der Waals surface area contributed by atoms with Crippen LogP contribution in [0.25, 0.3) is 0 Å². The van der Waals surface area contributed by atoms with Crippen LogP contribution in [-0.4, -0.2) is 24.6 Å². The summed E-state index contributed by atoms with van der Waals surface area (Å²) >= 11 is 1.44. The van der Waals surface area contributed by atoms with E-state index in [-0.39, 0.29) is 18.4 Å². The number of methoxy groups -OCH3 is 1. The number of carbonyl (C=O) groups is 1. The number of nitrogens with one attached hydrogen (secondary N) is 1. The van der Waals surface area contributed by atoms with Gasteiger partial charge >= 0.3 is 5.97 Å². The zero-order valence-electron chi connectivity index (χ0n) is 10.1. The van der Waals surface area contributed by atoms with Crippen LogP contribution in [0.1, 0.15) is 18.7 Å². The van der Waals surface area contributed by atoms with Gasteiger partial charge in [0.25, 0.3) is 0 Å². The van der Waals surface area contributed by atoms with Crippen molar-refractivity contribution in [1.82, 2.24) is 10.3 Å². The predicted octanol–water partition coefficient (Wildman–Crippen LogP) is 1.44. The first-order chi connectivity index (χ1) is 7.45. The zero-order valence-corrected chi connectivity index (χ0v) is 11.8. The van der Waals surface area contributed by atoms with Crippen molar-refractivity contribution in [2.75, 3.05) is 19.4 Å². The number of nitrogens with zero attached hydrogens (tertiary/aromatic N) is 1. The number of nitrogens with two attached hydrogens (primary N) is 1. The van der Waals surface area contributed by atoms with Gasteiger partial charge in [-0.3, -0.25) is 4.79 Å². The summed E-state index contributed by atoms with van der Waals surface area (Å²) < 4.78 is 4.71. The number of ether oxygens (including phenoxy) is 1. The van der Waals surface area contributed by atoms with E-state index in [0.717, 1.165) is 4.88 Å². The summed E-state index contributed by atoms with van der Waals surface area (Å²) in [6, 6.07) is 0. The highest BCUT2D eigenvalue weighted by Crippen LogP contribution is 2.17. The van der Waals surface area contributed by atoms with Crippen molar-refractivity contribution < 1.29 is 9.53 Å². The van der Waals surface area contributed by atoms with E-state index in [1.807, 2.05) is 13.8 Å². The molecule has 3 N–H and O–H groups in total. The SMILES string of the molecule is COC(=O)C(C)(C)CNCc1cnc(N)s1.Cl. The summed E-state index contributed by atoms with van der Waals surface area (Å²) in [6.07, 6.45) is 1.73. The Hall–Kier alpha value is -0.850. The van der Waals surface area contributed by atoms with Crippen molar-refractivity contribution in [3.63, 3.8) is 0 Å². The van der Waals surface area contributed by atoms with Crippen LogP contribution in [-0.2, 0) is 16.1 Å². The van der Waals surface area contributed by atoms with Crippen LogP contribution in [0.5, 0.6) is 0 Å². The first-order valence-corrected chi connectivity index (χ1v) is 5.76. The van der Waals surface area contributed by atoms with Gasteiger partial charge in [-0.1, -0.05) is 0 Å². The Labute approximate surface area is 111 Å². The predicted molar refractivity (Wildman–Crippen MR) is 71.3 cm³/mol. The van der Waals surface area contributed by atoms with Crippen LogP contribution >= 0.6 is 23.7 Å².